The van der Waals surface area contributed by atoms with Crippen molar-refractivity contribution in [1.82, 2.24) is 0 Å². The van der Waals surface area contributed by atoms with Crippen molar-refractivity contribution in [1.29, 1.82) is 0 Å². The fraction of sp³-hybridized carbons (Fsp3) is 1.00. The molecule has 1 fully saturated rings. The minimum atomic E-state index is 0.0370. The highest BCUT2D eigenvalue weighted by atomic mass is 16.7. The normalized spacial score (nSPS) is 37.2. The first-order valence-corrected chi connectivity index (χ1v) is 4.92. The van der Waals surface area contributed by atoms with Gasteiger partial charge in [-0.1, -0.05) is 20.8 Å². The highest BCUT2D eigenvalue weighted by Gasteiger charge is 2.29. The standard InChI is InChI=1S/C10H20O2/c1-5-10-11-6-9(7(2)3)8(4)12-10/h7-10H,5-6H2,1-4H3/t8-,9-,10?/m1/s1. The molecular formula is C10H20O2. The van der Waals surface area contributed by atoms with Crippen LogP contribution in [-0.4, -0.2) is 19.0 Å². The van der Waals surface area contributed by atoms with Crippen LogP contribution in [0.25, 0.3) is 0 Å². The molecular weight excluding hydrogens is 152 g/mol. The van der Waals surface area contributed by atoms with Crippen LogP contribution in [-0.2, 0) is 9.47 Å². The summed E-state index contributed by atoms with van der Waals surface area (Å²) in [5.74, 6) is 1.21. The van der Waals surface area contributed by atoms with Crippen LogP contribution in [0.15, 0.2) is 0 Å². The van der Waals surface area contributed by atoms with Crippen molar-refractivity contribution in [3.63, 3.8) is 0 Å². The van der Waals surface area contributed by atoms with Crippen LogP contribution in [0.5, 0.6) is 0 Å². The van der Waals surface area contributed by atoms with Gasteiger partial charge < -0.3 is 9.47 Å². The molecule has 0 aromatic rings. The highest BCUT2D eigenvalue weighted by Crippen LogP contribution is 2.25. The molecule has 0 bridgehead atoms. The summed E-state index contributed by atoms with van der Waals surface area (Å²) in [6, 6.07) is 0. The lowest BCUT2D eigenvalue weighted by molar-refractivity contribution is -0.238. The summed E-state index contributed by atoms with van der Waals surface area (Å²) in [6.07, 6.45) is 1.34. The molecule has 3 atom stereocenters. The van der Waals surface area contributed by atoms with Gasteiger partial charge in [-0.3, -0.25) is 0 Å². The zero-order valence-electron chi connectivity index (χ0n) is 8.54. The molecule has 1 aliphatic rings. The monoisotopic (exact) mass is 172 g/mol. The first-order valence-electron chi connectivity index (χ1n) is 4.92. The van der Waals surface area contributed by atoms with E-state index in [0.29, 0.717) is 17.9 Å². The van der Waals surface area contributed by atoms with Crippen molar-refractivity contribution in [2.75, 3.05) is 6.61 Å². The van der Waals surface area contributed by atoms with E-state index in [2.05, 4.69) is 27.7 Å². The van der Waals surface area contributed by atoms with Crippen LogP contribution < -0.4 is 0 Å². The lowest BCUT2D eigenvalue weighted by atomic mass is 9.91. The average Bonchev–Trinajstić information content (AvgIpc) is 2.03. The molecule has 1 saturated heterocycles. The van der Waals surface area contributed by atoms with E-state index >= 15 is 0 Å². The van der Waals surface area contributed by atoms with Gasteiger partial charge in [0.05, 0.1) is 12.7 Å². The molecule has 1 heterocycles. The topological polar surface area (TPSA) is 18.5 Å². The molecule has 2 nitrogen and oxygen atoms in total. The molecule has 1 unspecified atom stereocenters. The van der Waals surface area contributed by atoms with Crippen LogP contribution >= 0.6 is 0 Å². The molecule has 0 radical (unpaired) electrons. The van der Waals surface area contributed by atoms with Crippen molar-refractivity contribution < 1.29 is 9.47 Å². The Hall–Kier alpha value is -0.0800. The van der Waals surface area contributed by atoms with Gasteiger partial charge in [0.15, 0.2) is 6.29 Å². The van der Waals surface area contributed by atoms with E-state index in [-0.39, 0.29) is 6.29 Å². The molecule has 0 saturated carbocycles. The summed E-state index contributed by atoms with van der Waals surface area (Å²) >= 11 is 0. The summed E-state index contributed by atoms with van der Waals surface area (Å²) in [5.41, 5.74) is 0. The molecule has 2 heteroatoms. The fourth-order valence-electron chi connectivity index (χ4n) is 1.68. The first kappa shape index (κ1) is 10.0. The zero-order valence-corrected chi connectivity index (χ0v) is 8.54. The fourth-order valence-corrected chi connectivity index (χ4v) is 1.68. The quantitative estimate of drug-likeness (QED) is 0.637. The van der Waals surface area contributed by atoms with E-state index < -0.39 is 0 Å². The lowest BCUT2D eigenvalue weighted by Gasteiger charge is -2.36. The van der Waals surface area contributed by atoms with Crippen molar-refractivity contribution in [2.45, 2.75) is 46.5 Å². The third kappa shape index (κ3) is 2.20. The largest absolute Gasteiger partial charge is 0.352 e. The van der Waals surface area contributed by atoms with E-state index in [1.807, 2.05) is 0 Å². The maximum atomic E-state index is 5.69. The van der Waals surface area contributed by atoms with Crippen LogP contribution in [0.2, 0.25) is 0 Å². The minimum absolute atomic E-state index is 0.0370. The molecule has 12 heavy (non-hydrogen) atoms. The van der Waals surface area contributed by atoms with Gasteiger partial charge in [0, 0.05) is 5.92 Å². The van der Waals surface area contributed by atoms with Crippen LogP contribution in [0.3, 0.4) is 0 Å². The summed E-state index contributed by atoms with van der Waals surface area (Å²) < 4.78 is 11.2. The van der Waals surface area contributed by atoms with E-state index in [0.717, 1.165) is 13.0 Å². The molecule has 1 rings (SSSR count). The molecule has 0 aromatic carbocycles. The van der Waals surface area contributed by atoms with Crippen LogP contribution in [0, 0.1) is 11.8 Å². The minimum Gasteiger partial charge on any atom is -0.352 e. The Morgan fingerprint density at radius 2 is 2.08 bits per heavy atom. The Morgan fingerprint density at radius 1 is 1.42 bits per heavy atom. The predicted octanol–water partition coefficient (Wildman–Crippen LogP) is 2.43. The van der Waals surface area contributed by atoms with Gasteiger partial charge in [-0.2, -0.15) is 0 Å². The van der Waals surface area contributed by atoms with Gasteiger partial charge in [0.25, 0.3) is 0 Å². The van der Waals surface area contributed by atoms with E-state index in [1.54, 1.807) is 0 Å². The molecule has 1 aliphatic heterocycles. The Bertz CT molecular complexity index is 134. The molecule has 0 aliphatic carbocycles. The van der Waals surface area contributed by atoms with Gasteiger partial charge >= 0.3 is 0 Å². The van der Waals surface area contributed by atoms with Gasteiger partial charge in [-0.15, -0.1) is 0 Å². The van der Waals surface area contributed by atoms with Crippen molar-refractivity contribution in [2.24, 2.45) is 11.8 Å². The summed E-state index contributed by atoms with van der Waals surface area (Å²) in [4.78, 5) is 0. The predicted molar refractivity (Wildman–Crippen MR) is 48.9 cm³/mol. The van der Waals surface area contributed by atoms with Crippen molar-refractivity contribution in [3.05, 3.63) is 0 Å². The van der Waals surface area contributed by atoms with Crippen molar-refractivity contribution >= 4 is 0 Å². The highest BCUT2D eigenvalue weighted by molar-refractivity contribution is 4.73. The maximum absolute atomic E-state index is 5.69. The molecule has 0 spiro atoms. The Morgan fingerprint density at radius 3 is 2.50 bits per heavy atom. The second-order valence-corrected chi connectivity index (χ2v) is 3.92. The molecule has 0 N–H and O–H groups in total. The number of hydrogen-bond donors (Lipinski definition) is 0. The third-order valence-corrected chi connectivity index (χ3v) is 2.63. The van der Waals surface area contributed by atoms with Crippen molar-refractivity contribution in [3.8, 4) is 0 Å². The Balaban J connectivity index is 2.42. The number of hydrogen-bond acceptors (Lipinski definition) is 2. The Labute approximate surface area is 75.2 Å². The summed E-state index contributed by atoms with van der Waals surface area (Å²) in [6.45, 7) is 9.54. The van der Waals surface area contributed by atoms with Gasteiger partial charge in [-0.05, 0) is 19.3 Å². The van der Waals surface area contributed by atoms with Crippen LogP contribution in [0.4, 0.5) is 0 Å². The van der Waals surface area contributed by atoms with Gasteiger partial charge in [0.1, 0.15) is 0 Å². The molecule has 0 aromatic heterocycles. The SMILES string of the molecule is CCC1OC[C@H](C(C)C)[C@@H](C)O1. The zero-order chi connectivity index (χ0) is 9.14. The smallest absolute Gasteiger partial charge is 0.157 e. The lowest BCUT2D eigenvalue weighted by Crippen LogP contribution is -2.40. The Kier molecular flexibility index (Phi) is 3.53. The maximum Gasteiger partial charge on any atom is 0.157 e. The summed E-state index contributed by atoms with van der Waals surface area (Å²) in [5, 5.41) is 0. The second kappa shape index (κ2) is 4.24. The molecule has 0 amide bonds. The van der Waals surface area contributed by atoms with Crippen LogP contribution in [0.1, 0.15) is 34.1 Å². The first-order chi connectivity index (χ1) is 5.65. The van der Waals surface area contributed by atoms with E-state index in [1.165, 1.54) is 0 Å². The number of ether oxygens (including phenoxy) is 2. The second-order valence-electron chi connectivity index (χ2n) is 3.92. The third-order valence-electron chi connectivity index (χ3n) is 2.63. The number of rotatable bonds is 2. The van der Waals surface area contributed by atoms with E-state index in [9.17, 15) is 0 Å². The van der Waals surface area contributed by atoms with Gasteiger partial charge in [-0.25, -0.2) is 0 Å². The molecule has 72 valence electrons. The van der Waals surface area contributed by atoms with Gasteiger partial charge in [0.2, 0.25) is 0 Å². The van der Waals surface area contributed by atoms with E-state index in [4.69, 9.17) is 9.47 Å². The summed E-state index contributed by atoms with van der Waals surface area (Å²) in [7, 11) is 0. The average molecular weight is 172 g/mol.